The highest BCUT2D eigenvalue weighted by Crippen LogP contribution is 2.72. The first-order valence-corrected chi connectivity index (χ1v) is 35.5. The molecule has 446 valence electrons. The third-order valence-electron chi connectivity index (χ3n) is 21.2. The van der Waals surface area contributed by atoms with E-state index in [4.69, 9.17) is 0 Å². The van der Waals surface area contributed by atoms with Gasteiger partial charge in [-0.1, -0.05) is 388 Å². The molecule has 2 saturated heterocycles. The van der Waals surface area contributed by atoms with Crippen molar-refractivity contribution < 1.29 is 0 Å². The van der Waals surface area contributed by atoms with Crippen molar-refractivity contribution in [3.8, 4) is 0 Å². The van der Waals surface area contributed by atoms with E-state index < -0.39 is 21.7 Å². The lowest BCUT2D eigenvalue weighted by Gasteiger charge is -2.53. The largest absolute Gasteiger partial charge is 0.114 e. The first-order chi connectivity index (χ1) is 45.7. The molecule has 13 aromatic carbocycles. The van der Waals surface area contributed by atoms with Gasteiger partial charge in [0.15, 0.2) is 0 Å². The number of benzene rings is 13. The summed E-state index contributed by atoms with van der Waals surface area (Å²) in [5, 5.41) is 0. The molecule has 0 N–H and O–H groups in total. The molecule has 0 nitrogen and oxygen atoms in total. The van der Waals surface area contributed by atoms with Crippen molar-refractivity contribution in [2.24, 2.45) is 23.7 Å². The molecule has 2 aliphatic heterocycles. The van der Waals surface area contributed by atoms with Crippen LogP contribution in [0.3, 0.4) is 0 Å². The topological polar surface area (TPSA) is 0 Å². The van der Waals surface area contributed by atoms with E-state index in [1.807, 2.05) is 0 Å². The molecule has 4 unspecified atom stereocenters. The van der Waals surface area contributed by atoms with E-state index in [0.29, 0.717) is 17.2 Å². The van der Waals surface area contributed by atoms with E-state index in [-0.39, 0.29) is 35.0 Å². The van der Waals surface area contributed by atoms with E-state index in [1.165, 1.54) is 77.9 Å². The minimum Gasteiger partial charge on any atom is -0.114 e. The summed E-state index contributed by atoms with van der Waals surface area (Å²) in [6, 6.07) is 150. The van der Waals surface area contributed by atoms with Crippen molar-refractivity contribution in [3.05, 3.63) is 466 Å². The zero-order valence-electron chi connectivity index (χ0n) is 51.8. The van der Waals surface area contributed by atoms with Gasteiger partial charge in [0.1, 0.15) is 0 Å². The van der Waals surface area contributed by atoms with E-state index >= 15 is 0 Å². The van der Waals surface area contributed by atoms with Gasteiger partial charge in [0.2, 0.25) is 0 Å². The Bertz CT molecular complexity index is 3770. The van der Waals surface area contributed by atoms with Crippen LogP contribution in [0.2, 0.25) is 0 Å². The quantitative estimate of drug-likeness (QED) is 0.0593. The average Bonchev–Trinajstić information content (AvgIpc) is 1.47. The van der Waals surface area contributed by atoms with Crippen molar-refractivity contribution in [2.45, 2.75) is 33.0 Å². The minimum atomic E-state index is -0.649. The van der Waals surface area contributed by atoms with Crippen LogP contribution in [-0.4, -0.2) is 12.3 Å². The molecule has 0 aliphatic carbocycles. The maximum atomic E-state index is 2.62. The molecule has 0 amide bonds. The molecule has 0 aromatic heterocycles. The second kappa shape index (κ2) is 26.1. The highest BCUT2D eigenvalue weighted by Gasteiger charge is 2.63. The fraction of sp³-hybridized carbons (Fsp3) is 0.133. The highest BCUT2D eigenvalue weighted by molar-refractivity contribution is 7.39. The van der Waals surface area contributed by atoms with Crippen LogP contribution in [0.25, 0.3) is 0 Å². The van der Waals surface area contributed by atoms with Crippen LogP contribution in [0, 0.1) is 23.7 Å². The van der Waals surface area contributed by atoms with Gasteiger partial charge in [0.25, 0.3) is 0 Å². The summed E-state index contributed by atoms with van der Waals surface area (Å²) in [7, 11) is 1.17. The lowest BCUT2D eigenvalue weighted by Crippen LogP contribution is -2.51. The van der Waals surface area contributed by atoms with E-state index in [1.54, 1.807) is 0 Å². The molecule has 0 spiro atoms. The first-order valence-electron chi connectivity index (χ1n) is 32.9. The number of hydrogen-bond donors (Lipinski definition) is 0. The summed E-state index contributed by atoms with van der Waals surface area (Å²) in [6.07, 6.45) is 2.02. The SMILES string of the molecule is c1ccc(C(c2ccccc2)(c2ccccc2)[C@H]2CPC(c3ccccc3C3PC[C@H](C(c4ccccc4)(c4ccccc4)c4ccccc4)[C@H]3C(c3ccccc3)(c3ccccc3)c3ccccc3)[C@@H]2C(c2ccccc2)(c2ccccc2)c2ccccc2)cc1. The second-order valence-electron chi connectivity index (χ2n) is 25.3. The summed E-state index contributed by atoms with van der Waals surface area (Å²) < 4.78 is 0. The van der Waals surface area contributed by atoms with Crippen LogP contribution in [-0.2, 0) is 21.7 Å². The van der Waals surface area contributed by atoms with Gasteiger partial charge in [0.05, 0.1) is 0 Å². The summed E-state index contributed by atoms with van der Waals surface area (Å²) in [6.45, 7) is 0. The predicted octanol–water partition coefficient (Wildman–Crippen LogP) is 21.8. The van der Waals surface area contributed by atoms with Gasteiger partial charge in [0, 0.05) is 33.0 Å². The Hall–Kier alpha value is -9.28. The van der Waals surface area contributed by atoms with Crippen molar-refractivity contribution in [1.29, 1.82) is 0 Å². The Kier molecular flexibility index (Phi) is 16.8. The smallest absolute Gasteiger partial charge is 0.0491 e. The average molecular weight is 1220 g/mol. The highest BCUT2D eigenvalue weighted by atomic mass is 31.1. The predicted molar refractivity (Wildman–Crippen MR) is 389 cm³/mol. The van der Waals surface area contributed by atoms with E-state index in [9.17, 15) is 0 Å². The fourth-order valence-electron chi connectivity index (χ4n) is 18.0. The van der Waals surface area contributed by atoms with Gasteiger partial charge in [-0.25, -0.2) is 0 Å². The first kappa shape index (κ1) is 59.1. The van der Waals surface area contributed by atoms with Crippen LogP contribution in [0.4, 0.5) is 0 Å². The van der Waals surface area contributed by atoms with Gasteiger partial charge >= 0.3 is 0 Å². The molecule has 2 aliphatic rings. The fourth-order valence-corrected chi connectivity index (χ4v) is 22.5. The Morgan fingerprint density at radius 2 is 0.315 bits per heavy atom. The van der Waals surface area contributed by atoms with Crippen molar-refractivity contribution in [3.63, 3.8) is 0 Å². The monoisotopic (exact) mass is 1220 g/mol. The van der Waals surface area contributed by atoms with Crippen LogP contribution < -0.4 is 0 Å². The molecular formula is C90H76P2. The minimum absolute atomic E-state index is 0.00652. The number of hydrogen-bond acceptors (Lipinski definition) is 0. The van der Waals surface area contributed by atoms with Crippen LogP contribution in [0.5, 0.6) is 0 Å². The Balaban J connectivity index is 1.07. The number of rotatable bonds is 18. The van der Waals surface area contributed by atoms with Gasteiger partial charge in [-0.15, -0.1) is 17.2 Å². The molecule has 13 aromatic rings. The maximum Gasteiger partial charge on any atom is 0.0491 e. The maximum absolute atomic E-state index is 2.62. The molecule has 2 fully saturated rings. The third-order valence-corrected chi connectivity index (χ3v) is 24.8. The summed E-state index contributed by atoms with van der Waals surface area (Å²) in [5.74, 6) is 0.126. The molecule has 15 rings (SSSR count). The van der Waals surface area contributed by atoms with Gasteiger partial charge in [-0.05, 0) is 114 Å². The zero-order chi connectivity index (χ0) is 61.6. The molecule has 2 heteroatoms. The van der Waals surface area contributed by atoms with Gasteiger partial charge < -0.3 is 0 Å². The van der Waals surface area contributed by atoms with E-state index in [0.717, 1.165) is 12.3 Å². The third kappa shape index (κ3) is 9.89. The van der Waals surface area contributed by atoms with Crippen LogP contribution in [0.15, 0.2) is 388 Å². The standard InChI is InChI=1S/C90H76P2/c1-13-39-67(40-14-1)87(68-41-15-2-16-42-68,69-43-17-3-18-44-69)81-65-91-85(83(81)89(73-51-25-7-26-52-73,74-53-27-8-28-54-74)75-55-29-9-30-56-75)79-63-37-38-64-80(79)86-84(90(76-57-31-10-32-58-76,77-59-33-11-34-60-77)78-61-35-12-36-62-78)82(66-92-86)88(70-45-19-4-20-46-70,71-47-21-5-22-48-71)72-49-23-6-24-50-72/h1-64,81-86,91-92H,65-66H2/t81-,82-,83+,84+,85?,86?/m0/s1. The molecule has 8 atom stereocenters. The Morgan fingerprint density at radius 1 is 0.174 bits per heavy atom. The van der Waals surface area contributed by atoms with E-state index in [2.05, 4.69) is 388 Å². The molecular weight excluding hydrogens is 1140 g/mol. The van der Waals surface area contributed by atoms with Crippen LogP contribution in [0.1, 0.15) is 89.2 Å². The Labute approximate surface area is 548 Å². The second-order valence-corrected chi connectivity index (χ2v) is 28.2. The zero-order valence-corrected chi connectivity index (χ0v) is 53.8. The Morgan fingerprint density at radius 3 is 0.478 bits per heavy atom. The molecule has 0 bridgehead atoms. The van der Waals surface area contributed by atoms with Crippen molar-refractivity contribution in [2.75, 3.05) is 12.3 Å². The van der Waals surface area contributed by atoms with Gasteiger partial charge in [-0.3, -0.25) is 0 Å². The molecule has 2 heterocycles. The van der Waals surface area contributed by atoms with Crippen molar-refractivity contribution in [1.82, 2.24) is 0 Å². The molecule has 92 heavy (non-hydrogen) atoms. The summed E-state index contributed by atoms with van der Waals surface area (Å²) >= 11 is 0. The van der Waals surface area contributed by atoms with Crippen LogP contribution >= 0.6 is 17.2 Å². The summed E-state index contributed by atoms with van der Waals surface area (Å²) in [4.78, 5) is 0. The molecule has 0 saturated carbocycles. The molecule has 0 radical (unpaired) electrons. The normalized spacial score (nSPS) is 19.0. The lowest BCUT2D eigenvalue weighted by molar-refractivity contribution is 0.211. The van der Waals surface area contributed by atoms with Crippen molar-refractivity contribution >= 4 is 17.2 Å². The lowest BCUT2D eigenvalue weighted by atomic mass is 9.49. The van der Waals surface area contributed by atoms with Gasteiger partial charge in [-0.2, -0.15) is 0 Å². The summed E-state index contributed by atoms with van der Waals surface area (Å²) in [5.41, 5.74) is 16.6.